The molecular weight excluding hydrogens is 404 g/mol. The quantitative estimate of drug-likeness (QED) is 0.337. The van der Waals surface area contributed by atoms with Gasteiger partial charge in [-0.25, -0.2) is 4.79 Å². The van der Waals surface area contributed by atoms with Gasteiger partial charge >= 0.3 is 5.97 Å². The lowest BCUT2D eigenvalue weighted by Crippen LogP contribution is -2.34. The summed E-state index contributed by atoms with van der Waals surface area (Å²) in [5.41, 5.74) is 1.45. The second-order valence-electron chi connectivity index (χ2n) is 6.16. The number of carbonyl (C=O) groups excluding carboxylic acids is 2. The predicted octanol–water partition coefficient (Wildman–Crippen LogP) is 3.80. The van der Waals surface area contributed by atoms with Crippen molar-refractivity contribution in [3.63, 3.8) is 0 Å². The van der Waals surface area contributed by atoms with Crippen LogP contribution in [0.25, 0.3) is 0 Å². The fraction of sp³-hybridized carbons (Fsp3) is 0.318. The van der Waals surface area contributed by atoms with Crippen LogP contribution in [0.5, 0.6) is 5.75 Å². The van der Waals surface area contributed by atoms with Crippen molar-refractivity contribution < 1.29 is 23.8 Å². The van der Waals surface area contributed by atoms with Gasteiger partial charge < -0.3 is 19.5 Å². The predicted molar refractivity (Wildman–Crippen MR) is 119 cm³/mol. The summed E-state index contributed by atoms with van der Waals surface area (Å²) in [6.07, 6.45) is 0.764. The number of amides is 1. The highest BCUT2D eigenvalue weighted by atomic mass is 32.1. The fourth-order valence-electron chi connectivity index (χ4n) is 2.44. The van der Waals surface area contributed by atoms with Crippen LogP contribution in [0.15, 0.2) is 48.5 Å². The van der Waals surface area contributed by atoms with Crippen LogP contribution in [-0.2, 0) is 9.47 Å². The number of thiocarbonyl (C=S) groups is 1. The van der Waals surface area contributed by atoms with E-state index in [1.807, 2.05) is 13.8 Å². The van der Waals surface area contributed by atoms with Crippen LogP contribution in [0.2, 0.25) is 0 Å². The summed E-state index contributed by atoms with van der Waals surface area (Å²) in [6.45, 7) is 5.60. The van der Waals surface area contributed by atoms with Gasteiger partial charge in [-0.3, -0.25) is 10.1 Å². The first-order chi connectivity index (χ1) is 14.5. The Labute approximate surface area is 181 Å². The number of benzene rings is 2. The van der Waals surface area contributed by atoms with E-state index in [-0.39, 0.29) is 17.0 Å². The smallest absolute Gasteiger partial charge is 0.338 e. The van der Waals surface area contributed by atoms with Crippen molar-refractivity contribution in [3.8, 4) is 5.75 Å². The molecular formula is C22H26N2O5S. The van der Waals surface area contributed by atoms with E-state index < -0.39 is 0 Å². The summed E-state index contributed by atoms with van der Waals surface area (Å²) in [7, 11) is 0. The number of hydrogen-bond donors (Lipinski definition) is 2. The minimum atomic E-state index is -0.390. The number of hydrogen-bond acceptors (Lipinski definition) is 6. The summed E-state index contributed by atoms with van der Waals surface area (Å²) in [5.74, 6) is -0.313. The van der Waals surface area contributed by atoms with Crippen molar-refractivity contribution in [2.45, 2.75) is 20.3 Å². The van der Waals surface area contributed by atoms with E-state index in [0.29, 0.717) is 49.0 Å². The molecule has 0 atom stereocenters. The molecule has 0 aliphatic rings. The molecule has 2 N–H and O–H groups in total. The van der Waals surface area contributed by atoms with Crippen LogP contribution in [0, 0.1) is 0 Å². The fourth-order valence-corrected chi connectivity index (χ4v) is 2.65. The Morgan fingerprint density at radius 1 is 0.967 bits per heavy atom. The third kappa shape index (κ3) is 7.46. The average molecular weight is 431 g/mol. The first-order valence-corrected chi connectivity index (χ1v) is 10.1. The number of anilines is 1. The lowest BCUT2D eigenvalue weighted by Gasteiger charge is -2.13. The Morgan fingerprint density at radius 2 is 1.70 bits per heavy atom. The molecule has 0 saturated heterocycles. The van der Waals surface area contributed by atoms with Gasteiger partial charge in [0.25, 0.3) is 5.91 Å². The largest absolute Gasteiger partial charge is 0.490 e. The van der Waals surface area contributed by atoms with Crippen LogP contribution in [-0.4, -0.2) is 43.4 Å². The van der Waals surface area contributed by atoms with Gasteiger partial charge in [0.05, 0.1) is 24.3 Å². The van der Waals surface area contributed by atoms with Crippen LogP contribution in [0.1, 0.15) is 41.0 Å². The highest BCUT2D eigenvalue weighted by Gasteiger charge is 2.14. The highest BCUT2D eigenvalue weighted by molar-refractivity contribution is 7.80. The van der Waals surface area contributed by atoms with Crippen LogP contribution in [0.4, 0.5) is 5.69 Å². The van der Waals surface area contributed by atoms with Crippen molar-refractivity contribution in [1.82, 2.24) is 5.32 Å². The number of esters is 1. The Kier molecular flexibility index (Phi) is 9.76. The zero-order chi connectivity index (χ0) is 21.8. The second kappa shape index (κ2) is 12.6. The third-order valence-electron chi connectivity index (χ3n) is 3.86. The molecule has 0 radical (unpaired) electrons. The summed E-state index contributed by atoms with van der Waals surface area (Å²) < 4.78 is 16.0. The molecule has 0 bridgehead atoms. The van der Waals surface area contributed by atoms with E-state index in [9.17, 15) is 9.59 Å². The molecule has 2 rings (SSSR count). The van der Waals surface area contributed by atoms with Crippen molar-refractivity contribution in [2.24, 2.45) is 0 Å². The van der Waals surface area contributed by atoms with E-state index in [2.05, 4.69) is 10.6 Å². The molecule has 2 aromatic rings. The van der Waals surface area contributed by atoms with Gasteiger partial charge in [0.1, 0.15) is 12.4 Å². The van der Waals surface area contributed by atoms with Gasteiger partial charge in [0.2, 0.25) is 0 Å². The summed E-state index contributed by atoms with van der Waals surface area (Å²) >= 11 is 5.22. The second-order valence-corrected chi connectivity index (χ2v) is 6.57. The molecule has 2 aromatic carbocycles. The molecule has 0 aliphatic heterocycles. The number of rotatable bonds is 10. The molecule has 1 amide bonds. The van der Waals surface area contributed by atoms with E-state index in [0.717, 1.165) is 6.42 Å². The third-order valence-corrected chi connectivity index (χ3v) is 4.07. The molecule has 0 unspecified atom stereocenters. The maximum absolute atomic E-state index is 12.6. The molecule has 0 fully saturated rings. The van der Waals surface area contributed by atoms with Crippen molar-refractivity contribution in [1.29, 1.82) is 0 Å². The molecule has 7 nitrogen and oxygen atoms in total. The molecule has 0 aliphatic carbocycles. The highest BCUT2D eigenvalue weighted by Crippen LogP contribution is 2.18. The number of ether oxygens (including phenoxy) is 3. The van der Waals surface area contributed by atoms with Crippen molar-refractivity contribution in [2.75, 3.05) is 31.7 Å². The zero-order valence-corrected chi connectivity index (χ0v) is 17.9. The molecule has 0 spiro atoms. The Balaban J connectivity index is 1.92. The number of para-hydroxylation sites is 1. The monoisotopic (exact) mass is 430 g/mol. The minimum absolute atomic E-state index is 0.130. The lowest BCUT2D eigenvalue weighted by molar-refractivity contribution is 0.0505. The summed E-state index contributed by atoms with van der Waals surface area (Å²) in [6, 6.07) is 13.5. The topological polar surface area (TPSA) is 85.9 Å². The van der Waals surface area contributed by atoms with Gasteiger partial charge in [0.15, 0.2) is 5.11 Å². The maximum Gasteiger partial charge on any atom is 0.338 e. The summed E-state index contributed by atoms with van der Waals surface area (Å²) in [5, 5.41) is 5.68. The van der Waals surface area contributed by atoms with E-state index >= 15 is 0 Å². The Bertz CT molecular complexity index is 855. The van der Waals surface area contributed by atoms with Crippen LogP contribution < -0.4 is 15.4 Å². The van der Waals surface area contributed by atoms with Crippen LogP contribution >= 0.6 is 12.2 Å². The first kappa shape index (κ1) is 23.3. The van der Waals surface area contributed by atoms with Gasteiger partial charge in [-0.05, 0) is 62.0 Å². The molecule has 160 valence electrons. The van der Waals surface area contributed by atoms with Crippen molar-refractivity contribution >= 4 is 34.9 Å². The summed E-state index contributed by atoms with van der Waals surface area (Å²) in [4.78, 5) is 24.4. The molecule has 0 saturated carbocycles. The minimum Gasteiger partial charge on any atom is -0.490 e. The van der Waals surface area contributed by atoms with Gasteiger partial charge in [-0.15, -0.1) is 0 Å². The standard InChI is InChI=1S/C22H26N2O5S/c1-3-13-29-21(26)16-9-11-17(12-10-16)23-22(30)24-20(25)18-7-5-6-8-19(18)28-15-14-27-4-2/h5-12H,3-4,13-15H2,1-2H3,(H2,23,24,25,30). The number of carbonyl (C=O) groups is 2. The zero-order valence-electron chi connectivity index (χ0n) is 17.1. The number of nitrogens with one attached hydrogen (secondary N) is 2. The van der Waals surface area contributed by atoms with Gasteiger partial charge in [-0.2, -0.15) is 0 Å². The average Bonchev–Trinajstić information content (AvgIpc) is 2.75. The Morgan fingerprint density at radius 3 is 2.40 bits per heavy atom. The van der Waals surface area contributed by atoms with Gasteiger partial charge in [0, 0.05) is 12.3 Å². The van der Waals surface area contributed by atoms with Crippen LogP contribution in [0.3, 0.4) is 0 Å². The molecule has 30 heavy (non-hydrogen) atoms. The van der Waals surface area contributed by atoms with E-state index in [4.69, 9.17) is 26.4 Å². The molecule has 8 heteroatoms. The lowest BCUT2D eigenvalue weighted by atomic mass is 10.2. The Hall–Kier alpha value is -2.97. The first-order valence-electron chi connectivity index (χ1n) is 9.74. The maximum atomic E-state index is 12.6. The molecule has 0 heterocycles. The SMILES string of the molecule is CCCOC(=O)c1ccc(NC(=S)NC(=O)c2ccccc2OCCOCC)cc1. The van der Waals surface area contributed by atoms with Crippen molar-refractivity contribution in [3.05, 3.63) is 59.7 Å². The molecule has 0 aromatic heterocycles. The van der Waals surface area contributed by atoms with E-state index in [1.165, 1.54) is 0 Å². The van der Waals surface area contributed by atoms with E-state index in [1.54, 1.807) is 48.5 Å². The normalized spacial score (nSPS) is 10.2. The van der Waals surface area contributed by atoms with Gasteiger partial charge in [-0.1, -0.05) is 19.1 Å².